The minimum absolute atomic E-state index is 0.160. The van der Waals surface area contributed by atoms with Gasteiger partial charge in [-0.3, -0.25) is 9.59 Å². The average Bonchev–Trinajstić information content (AvgIpc) is 2.64. The quantitative estimate of drug-likeness (QED) is 0.545. The van der Waals surface area contributed by atoms with E-state index in [-0.39, 0.29) is 11.8 Å². The van der Waals surface area contributed by atoms with Crippen molar-refractivity contribution >= 4 is 11.9 Å². The molecule has 1 saturated carbocycles. The molecular formula is C6H9NO3. The van der Waals surface area contributed by atoms with Crippen molar-refractivity contribution in [2.75, 3.05) is 7.05 Å². The van der Waals surface area contributed by atoms with Crippen LogP contribution in [-0.4, -0.2) is 24.0 Å². The Kier molecular flexibility index (Phi) is 1.61. The van der Waals surface area contributed by atoms with Gasteiger partial charge in [0.15, 0.2) is 0 Å². The summed E-state index contributed by atoms with van der Waals surface area (Å²) in [5.41, 5.74) is 0. The van der Waals surface area contributed by atoms with Crippen LogP contribution in [0.3, 0.4) is 0 Å². The minimum Gasteiger partial charge on any atom is -0.481 e. The number of aliphatic carboxylic acids is 1. The van der Waals surface area contributed by atoms with Crippen LogP contribution in [0.15, 0.2) is 0 Å². The van der Waals surface area contributed by atoms with E-state index in [1.807, 2.05) is 0 Å². The van der Waals surface area contributed by atoms with Gasteiger partial charge in [0.25, 0.3) is 0 Å². The van der Waals surface area contributed by atoms with Crippen LogP contribution >= 0.6 is 0 Å². The third kappa shape index (κ3) is 1.10. The molecule has 4 heteroatoms. The van der Waals surface area contributed by atoms with Crippen LogP contribution in [0.5, 0.6) is 0 Å². The van der Waals surface area contributed by atoms with E-state index in [0.29, 0.717) is 6.42 Å². The van der Waals surface area contributed by atoms with Crippen LogP contribution in [-0.2, 0) is 9.59 Å². The van der Waals surface area contributed by atoms with Crippen molar-refractivity contribution in [2.24, 2.45) is 11.8 Å². The fourth-order valence-corrected chi connectivity index (χ4v) is 0.943. The monoisotopic (exact) mass is 143 g/mol. The molecule has 1 fully saturated rings. The van der Waals surface area contributed by atoms with Crippen LogP contribution in [0, 0.1) is 11.8 Å². The Hall–Kier alpha value is -1.06. The molecule has 1 amide bonds. The maximum absolute atomic E-state index is 10.7. The normalized spacial score (nSPS) is 29.3. The van der Waals surface area contributed by atoms with Crippen molar-refractivity contribution in [1.29, 1.82) is 0 Å². The molecule has 0 bridgehead atoms. The second kappa shape index (κ2) is 2.28. The summed E-state index contributed by atoms with van der Waals surface area (Å²) in [6.45, 7) is 0. The summed E-state index contributed by atoms with van der Waals surface area (Å²) in [6, 6.07) is 0. The summed E-state index contributed by atoms with van der Waals surface area (Å²) < 4.78 is 0. The maximum atomic E-state index is 10.7. The molecule has 0 aliphatic heterocycles. The molecule has 2 atom stereocenters. The summed E-state index contributed by atoms with van der Waals surface area (Å²) in [5, 5.41) is 10.8. The Labute approximate surface area is 58.2 Å². The fourth-order valence-electron chi connectivity index (χ4n) is 0.943. The molecule has 0 heterocycles. The standard InChI is InChI=1S/C6H9NO3/c1-7-5(8)3-2-4(3)6(9)10/h3-4H,2H2,1H3,(H,7,8)(H,9,10)/t3-,4-/m1/s1. The third-order valence-corrected chi connectivity index (χ3v) is 1.69. The Morgan fingerprint density at radius 2 is 2.10 bits per heavy atom. The lowest BCUT2D eigenvalue weighted by Crippen LogP contribution is -2.21. The van der Waals surface area contributed by atoms with Crippen molar-refractivity contribution in [3.63, 3.8) is 0 Å². The first-order valence-electron chi connectivity index (χ1n) is 3.11. The van der Waals surface area contributed by atoms with Gasteiger partial charge in [-0.25, -0.2) is 0 Å². The highest BCUT2D eigenvalue weighted by Crippen LogP contribution is 2.38. The Morgan fingerprint density at radius 3 is 2.40 bits per heavy atom. The van der Waals surface area contributed by atoms with Crippen molar-refractivity contribution in [3.8, 4) is 0 Å². The van der Waals surface area contributed by atoms with Gasteiger partial charge in [-0.15, -0.1) is 0 Å². The number of carbonyl (C=O) groups is 2. The number of carboxylic acids is 1. The highest BCUT2D eigenvalue weighted by Gasteiger charge is 2.47. The van der Waals surface area contributed by atoms with Crippen molar-refractivity contribution in [2.45, 2.75) is 6.42 Å². The van der Waals surface area contributed by atoms with E-state index in [9.17, 15) is 9.59 Å². The predicted molar refractivity (Wildman–Crippen MR) is 33.3 cm³/mol. The summed E-state index contributed by atoms with van der Waals surface area (Å²) in [7, 11) is 1.51. The largest absolute Gasteiger partial charge is 0.481 e. The number of amides is 1. The Morgan fingerprint density at radius 1 is 1.50 bits per heavy atom. The van der Waals surface area contributed by atoms with Gasteiger partial charge in [0.05, 0.1) is 11.8 Å². The van der Waals surface area contributed by atoms with E-state index < -0.39 is 11.9 Å². The molecule has 0 aromatic carbocycles. The smallest absolute Gasteiger partial charge is 0.307 e. The van der Waals surface area contributed by atoms with Gasteiger partial charge in [0.2, 0.25) is 5.91 Å². The molecule has 0 aromatic heterocycles. The first-order valence-corrected chi connectivity index (χ1v) is 3.11. The Bertz CT molecular complexity index is 178. The Balaban J connectivity index is 2.38. The number of rotatable bonds is 2. The minimum atomic E-state index is -0.867. The van der Waals surface area contributed by atoms with E-state index in [0.717, 1.165) is 0 Å². The molecule has 10 heavy (non-hydrogen) atoms. The average molecular weight is 143 g/mol. The van der Waals surface area contributed by atoms with Gasteiger partial charge in [-0.1, -0.05) is 0 Å². The molecule has 1 aliphatic rings. The van der Waals surface area contributed by atoms with E-state index in [2.05, 4.69) is 5.32 Å². The van der Waals surface area contributed by atoms with Gasteiger partial charge in [0.1, 0.15) is 0 Å². The SMILES string of the molecule is CNC(=O)[C@@H]1C[C@H]1C(=O)O. The third-order valence-electron chi connectivity index (χ3n) is 1.69. The second-order valence-corrected chi connectivity index (χ2v) is 2.40. The molecule has 0 aromatic rings. The zero-order valence-corrected chi connectivity index (χ0v) is 5.63. The first kappa shape index (κ1) is 7.05. The second-order valence-electron chi connectivity index (χ2n) is 2.40. The summed E-state index contributed by atoms with van der Waals surface area (Å²) in [6.07, 6.45) is 0.495. The van der Waals surface area contributed by atoms with Crippen molar-refractivity contribution in [3.05, 3.63) is 0 Å². The van der Waals surface area contributed by atoms with Crippen LogP contribution < -0.4 is 5.32 Å². The molecule has 0 spiro atoms. The molecule has 56 valence electrons. The molecule has 4 nitrogen and oxygen atoms in total. The van der Waals surface area contributed by atoms with Crippen LogP contribution in [0.25, 0.3) is 0 Å². The zero-order chi connectivity index (χ0) is 7.72. The fraction of sp³-hybridized carbons (Fsp3) is 0.667. The molecule has 2 N–H and O–H groups in total. The van der Waals surface area contributed by atoms with Gasteiger partial charge in [-0.2, -0.15) is 0 Å². The van der Waals surface area contributed by atoms with E-state index in [1.165, 1.54) is 7.05 Å². The van der Waals surface area contributed by atoms with E-state index in [1.54, 1.807) is 0 Å². The number of nitrogens with one attached hydrogen (secondary N) is 1. The van der Waals surface area contributed by atoms with Gasteiger partial charge in [0, 0.05) is 7.05 Å². The van der Waals surface area contributed by atoms with Crippen LogP contribution in [0.4, 0.5) is 0 Å². The molecule has 1 rings (SSSR count). The molecule has 0 radical (unpaired) electrons. The summed E-state index contributed by atoms with van der Waals surface area (Å²) in [4.78, 5) is 20.9. The van der Waals surface area contributed by atoms with Crippen molar-refractivity contribution in [1.82, 2.24) is 5.32 Å². The van der Waals surface area contributed by atoms with Gasteiger partial charge >= 0.3 is 5.97 Å². The lowest BCUT2D eigenvalue weighted by atomic mass is 10.3. The highest BCUT2D eigenvalue weighted by molar-refractivity contribution is 5.89. The van der Waals surface area contributed by atoms with Crippen molar-refractivity contribution < 1.29 is 14.7 Å². The van der Waals surface area contributed by atoms with E-state index >= 15 is 0 Å². The molecular weight excluding hydrogens is 134 g/mol. The maximum Gasteiger partial charge on any atom is 0.307 e. The zero-order valence-electron chi connectivity index (χ0n) is 5.63. The van der Waals surface area contributed by atoms with Crippen LogP contribution in [0.2, 0.25) is 0 Å². The highest BCUT2D eigenvalue weighted by atomic mass is 16.4. The lowest BCUT2D eigenvalue weighted by molar-refractivity contribution is -0.140. The van der Waals surface area contributed by atoms with Gasteiger partial charge in [-0.05, 0) is 6.42 Å². The topological polar surface area (TPSA) is 66.4 Å². The number of carboxylic acid groups (broad SMARTS) is 1. The molecule has 0 saturated heterocycles. The first-order chi connectivity index (χ1) is 4.66. The predicted octanol–water partition coefficient (Wildman–Crippen LogP) is -0.547. The van der Waals surface area contributed by atoms with Crippen LogP contribution in [0.1, 0.15) is 6.42 Å². The number of hydrogen-bond donors (Lipinski definition) is 2. The number of carbonyl (C=O) groups excluding carboxylic acids is 1. The lowest BCUT2D eigenvalue weighted by Gasteiger charge is -1.93. The summed E-state index contributed by atoms with van der Waals surface area (Å²) in [5.74, 6) is -1.73. The molecule has 0 unspecified atom stereocenters. The molecule has 1 aliphatic carbocycles. The van der Waals surface area contributed by atoms with Gasteiger partial charge < -0.3 is 10.4 Å². The number of hydrogen-bond acceptors (Lipinski definition) is 2. The van der Waals surface area contributed by atoms with E-state index in [4.69, 9.17) is 5.11 Å². The summed E-state index contributed by atoms with van der Waals surface area (Å²) >= 11 is 0.